The van der Waals surface area contributed by atoms with Gasteiger partial charge < -0.3 is 19.3 Å². The monoisotopic (exact) mass is 324 g/mol. The van der Waals surface area contributed by atoms with Gasteiger partial charge in [-0.15, -0.1) is 0 Å². The Balaban J connectivity index is 1.53. The summed E-state index contributed by atoms with van der Waals surface area (Å²) in [5, 5.41) is 0. The van der Waals surface area contributed by atoms with E-state index in [0.29, 0.717) is 0 Å². The predicted molar refractivity (Wildman–Crippen MR) is 94.9 cm³/mol. The van der Waals surface area contributed by atoms with Crippen LogP contribution in [0.1, 0.15) is 18.1 Å². The maximum absolute atomic E-state index is 6.33. The number of piperazine rings is 1. The molecule has 2 heterocycles. The molecular formula is C20H24N2O2. The van der Waals surface area contributed by atoms with Gasteiger partial charge in [0.05, 0.1) is 0 Å². The van der Waals surface area contributed by atoms with E-state index in [1.165, 1.54) is 0 Å². The molecule has 0 saturated carbocycles. The maximum atomic E-state index is 6.33. The molecule has 0 aliphatic carbocycles. The average molecular weight is 324 g/mol. The van der Waals surface area contributed by atoms with Crippen LogP contribution in [-0.4, -0.2) is 49.6 Å². The van der Waals surface area contributed by atoms with Crippen molar-refractivity contribution < 1.29 is 9.47 Å². The highest BCUT2D eigenvalue weighted by molar-refractivity contribution is 5.48. The zero-order valence-electron chi connectivity index (χ0n) is 14.1. The Bertz CT molecular complexity index is 696. The van der Waals surface area contributed by atoms with Crippen LogP contribution in [0.25, 0.3) is 0 Å². The fraction of sp³-hybridized carbons (Fsp3) is 0.400. The molecule has 4 rings (SSSR count). The van der Waals surface area contributed by atoms with Crippen LogP contribution in [0.3, 0.4) is 0 Å². The largest absolute Gasteiger partial charge is 0.482 e. The van der Waals surface area contributed by atoms with Gasteiger partial charge in [0.15, 0.2) is 11.5 Å². The summed E-state index contributed by atoms with van der Waals surface area (Å²) in [5.74, 6) is 2.54. The highest BCUT2D eigenvalue weighted by atomic mass is 16.5. The first kappa shape index (κ1) is 15.5. The van der Waals surface area contributed by atoms with Gasteiger partial charge in [-0.1, -0.05) is 30.3 Å². The molecule has 0 aromatic heterocycles. The maximum Gasteiger partial charge on any atom is 0.169 e. The van der Waals surface area contributed by atoms with E-state index in [9.17, 15) is 0 Å². The van der Waals surface area contributed by atoms with Crippen molar-refractivity contribution in [3.8, 4) is 17.2 Å². The van der Waals surface area contributed by atoms with Gasteiger partial charge in [-0.25, -0.2) is 0 Å². The molecule has 2 aliphatic heterocycles. The molecule has 1 unspecified atom stereocenters. The molecule has 0 bridgehead atoms. The van der Waals surface area contributed by atoms with Gasteiger partial charge in [0.25, 0.3) is 0 Å². The summed E-state index contributed by atoms with van der Waals surface area (Å²) in [6.45, 7) is 5.62. The van der Waals surface area contributed by atoms with Gasteiger partial charge in [0.1, 0.15) is 11.9 Å². The zero-order chi connectivity index (χ0) is 16.4. The number of hydrogen-bond donors (Lipinski definition) is 0. The Morgan fingerprint density at radius 2 is 1.54 bits per heavy atom. The van der Waals surface area contributed by atoms with Crippen molar-refractivity contribution in [1.82, 2.24) is 9.80 Å². The molecule has 4 nitrogen and oxygen atoms in total. The molecule has 1 atom stereocenters. The molecule has 1 fully saturated rings. The molecule has 2 aromatic carbocycles. The van der Waals surface area contributed by atoms with Crippen LogP contribution >= 0.6 is 0 Å². The van der Waals surface area contributed by atoms with Crippen molar-refractivity contribution in [2.24, 2.45) is 0 Å². The summed E-state index contributed by atoms with van der Waals surface area (Å²) in [7, 11) is 2.19. The van der Waals surface area contributed by atoms with Gasteiger partial charge in [-0.2, -0.15) is 0 Å². The minimum Gasteiger partial charge on any atom is -0.482 e. The molecule has 0 spiro atoms. The Labute approximate surface area is 143 Å². The number of rotatable bonds is 3. The summed E-state index contributed by atoms with van der Waals surface area (Å²) >= 11 is 0. The summed E-state index contributed by atoms with van der Waals surface area (Å²) in [5.41, 5.74) is 1.14. The number of nitrogens with zero attached hydrogens (tertiary/aromatic N) is 2. The molecule has 24 heavy (non-hydrogen) atoms. The van der Waals surface area contributed by atoms with Crippen LogP contribution in [0.5, 0.6) is 17.2 Å². The predicted octanol–water partition coefficient (Wildman–Crippen LogP) is 3.55. The number of para-hydroxylation sites is 3. The lowest BCUT2D eigenvalue weighted by atomic mass is 10.0. The van der Waals surface area contributed by atoms with Gasteiger partial charge in [0.2, 0.25) is 0 Å². The quantitative estimate of drug-likeness (QED) is 0.862. The number of hydrogen-bond acceptors (Lipinski definition) is 4. The molecule has 0 radical (unpaired) electrons. The first-order valence-electron chi connectivity index (χ1n) is 8.73. The van der Waals surface area contributed by atoms with Crippen LogP contribution in [0.4, 0.5) is 0 Å². The molecule has 2 aromatic rings. The Morgan fingerprint density at radius 3 is 2.33 bits per heavy atom. The summed E-state index contributed by atoms with van der Waals surface area (Å²) in [6, 6.07) is 16.2. The zero-order valence-corrected chi connectivity index (χ0v) is 14.1. The summed E-state index contributed by atoms with van der Waals surface area (Å²) in [4.78, 5) is 4.92. The van der Waals surface area contributed by atoms with Gasteiger partial charge in [-0.05, 0) is 25.2 Å². The van der Waals surface area contributed by atoms with Crippen LogP contribution in [-0.2, 0) is 0 Å². The Kier molecular flexibility index (Phi) is 4.41. The van der Waals surface area contributed by atoms with Crippen molar-refractivity contribution in [3.63, 3.8) is 0 Å². The number of ether oxygens (including phenoxy) is 2. The van der Waals surface area contributed by atoms with Gasteiger partial charge in [0, 0.05) is 44.7 Å². The van der Waals surface area contributed by atoms with E-state index in [4.69, 9.17) is 9.47 Å². The molecule has 1 saturated heterocycles. The standard InChI is InChI=1S/C20H24N2O2/c1-21-12-14-22(15-13-21)11-10-18-16-6-2-3-7-17(16)23-19-8-4-5-9-20(19)24-18/h2-9,18H,10-15H2,1H3. The topological polar surface area (TPSA) is 24.9 Å². The van der Waals surface area contributed by atoms with Crippen molar-refractivity contribution in [2.45, 2.75) is 12.5 Å². The highest BCUT2D eigenvalue weighted by Gasteiger charge is 2.25. The van der Waals surface area contributed by atoms with E-state index < -0.39 is 0 Å². The number of likely N-dealkylation sites (N-methyl/N-ethyl adjacent to an activating group) is 1. The number of fused-ring (bicyclic) bond motifs is 2. The first-order valence-corrected chi connectivity index (χ1v) is 8.73. The fourth-order valence-corrected chi connectivity index (χ4v) is 3.39. The Morgan fingerprint density at radius 1 is 0.875 bits per heavy atom. The third-order valence-electron chi connectivity index (χ3n) is 4.91. The molecule has 4 heteroatoms. The van der Waals surface area contributed by atoms with Crippen molar-refractivity contribution in [3.05, 3.63) is 54.1 Å². The highest BCUT2D eigenvalue weighted by Crippen LogP contribution is 2.42. The van der Waals surface area contributed by atoms with Crippen LogP contribution in [0.2, 0.25) is 0 Å². The second-order valence-electron chi connectivity index (χ2n) is 6.63. The molecule has 0 amide bonds. The van der Waals surface area contributed by atoms with E-state index in [1.54, 1.807) is 0 Å². The van der Waals surface area contributed by atoms with Crippen molar-refractivity contribution in [1.29, 1.82) is 0 Å². The smallest absolute Gasteiger partial charge is 0.169 e. The average Bonchev–Trinajstić information content (AvgIpc) is 2.77. The van der Waals surface area contributed by atoms with Gasteiger partial charge in [-0.3, -0.25) is 0 Å². The SMILES string of the molecule is CN1CCN(CCC2Oc3ccccc3Oc3ccccc32)CC1. The van der Waals surface area contributed by atoms with Crippen molar-refractivity contribution >= 4 is 0 Å². The van der Waals surface area contributed by atoms with Crippen molar-refractivity contribution in [2.75, 3.05) is 39.8 Å². The van der Waals surface area contributed by atoms with Gasteiger partial charge >= 0.3 is 0 Å². The van der Waals surface area contributed by atoms with E-state index in [-0.39, 0.29) is 6.10 Å². The number of benzene rings is 2. The molecular weight excluding hydrogens is 300 g/mol. The second kappa shape index (κ2) is 6.83. The molecule has 126 valence electrons. The van der Waals surface area contributed by atoms with Crippen LogP contribution < -0.4 is 9.47 Å². The minimum absolute atomic E-state index is 0.0320. The summed E-state index contributed by atoms with van der Waals surface area (Å²) < 4.78 is 12.4. The lowest BCUT2D eigenvalue weighted by Gasteiger charge is -2.33. The van der Waals surface area contributed by atoms with E-state index in [2.05, 4.69) is 29.0 Å². The first-order chi connectivity index (χ1) is 11.8. The van der Waals surface area contributed by atoms with Crippen LogP contribution in [0.15, 0.2) is 48.5 Å². The second-order valence-corrected chi connectivity index (χ2v) is 6.63. The summed E-state index contributed by atoms with van der Waals surface area (Å²) in [6.07, 6.45) is 1.00. The Hall–Kier alpha value is -2.04. The van der Waals surface area contributed by atoms with E-state index in [1.807, 2.05) is 36.4 Å². The van der Waals surface area contributed by atoms with E-state index in [0.717, 1.165) is 62.0 Å². The third-order valence-corrected chi connectivity index (χ3v) is 4.91. The lowest BCUT2D eigenvalue weighted by molar-refractivity contribution is 0.124. The molecule has 2 aliphatic rings. The third kappa shape index (κ3) is 3.25. The van der Waals surface area contributed by atoms with Crippen LogP contribution in [0, 0.1) is 0 Å². The van der Waals surface area contributed by atoms with E-state index >= 15 is 0 Å². The lowest BCUT2D eigenvalue weighted by Crippen LogP contribution is -2.45. The fourth-order valence-electron chi connectivity index (χ4n) is 3.39. The minimum atomic E-state index is 0.0320. The molecule has 0 N–H and O–H groups in total. The normalized spacial score (nSPS) is 21.1.